The van der Waals surface area contributed by atoms with Gasteiger partial charge in [0, 0.05) is 5.75 Å². The van der Waals surface area contributed by atoms with Gasteiger partial charge in [-0.15, -0.1) is 0 Å². The molecular weight excluding hydrogens is 204 g/mol. The molecule has 1 nitrogen and oxygen atoms in total. The summed E-state index contributed by atoms with van der Waals surface area (Å²) in [6.07, 6.45) is 13.4. The number of thioether (sulfide) groups is 1. The predicted octanol–water partition coefficient (Wildman–Crippen LogP) is 4.45. The van der Waals surface area contributed by atoms with Crippen molar-refractivity contribution < 1.29 is 4.79 Å². The number of carbonyl (C=O) groups is 1. The number of aldehydes is 1. The number of unbranched alkanes of at least 4 members (excludes halogenated alkanes) is 8. The number of hydrogen-bond acceptors (Lipinski definition) is 2. The molecule has 15 heavy (non-hydrogen) atoms. The van der Waals surface area contributed by atoms with E-state index in [9.17, 15) is 4.79 Å². The van der Waals surface area contributed by atoms with Gasteiger partial charge in [-0.05, 0) is 12.2 Å². The summed E-state index contributed by atoms with van der Waals surface area (Å²) in [5.74, 6) is 1.84. The average molecular weight is 230 g/mol. The Bertz CT molecular complexity index is 126. The molecule has 0 N–H and O–H groups in total. The van der Waals surface area contributed by atoms with Gasteiger partial charge in [0.05, 0.1) is 0 Å². The lowest BCUT2D eigenvalue weighted by Gasteiger charge is -2.01. The summed E-state index contributed by atoms with van der Waals surface area (Å²) < 4.78 is 0. The van der Waals surface area contributed by atoms with Crippen molar-refractivity contribution in [2.45, 2.75) is 64.7 Å². The Kier molecular flexibility index (Phi) is 14.0. The van der Waals surface area contributed by atoms with Crippen LogP contribution < -0.4 is 0 Å². The molecule has 0 unspecified atom stereocenters. The van der Waals surface area contributed by atoms with Gasteiger partial charge in [-0.25, -0.2) is 0 Å². The van der Waals surface area contributed by atoms with Gasteiger partial charge in [0.1, 0.15) is 6.29 Å². The first-order valence-corrected chi connectivity index (χ1v) is 7.58. The van der Waals surface area contributed by atoms with E-state index in [-0.39, 0.29) is 0 Å². The second kappa shape index (κ2) is 14.0. The highest BCUT2D eigenvalue weighted by molar-refractivity contribution is 7.99. The highest BCUT2D eigenvalue weighted by Gasteiger charge is 1.92. The maximum absolute atomic E-state index is 10.0. The molecule has 0 aliphatic carbocycles. The topological polar surface area (TPSA) is 17.1 Å². The van der Waals surface area contributed by atoms with Crippen LogP contribution in [0.15, 0.2) is 0 Å². The molecule has 0 aliphatic rings. The van der Waals surface area contributed by atoms with Crippen molar-refractivity contribution in [1.82, 2.24) is 0 Å². The van der Waals surface area contributed by atoms with E-state index in [0.717, 1.165) is 12.0 Å². The Labute approximate surface area is 99.4 Å². The Hall–Kier alpha value is 0.0200. The van der Waals surface area contributed by atoms with Crippen LogP contribution in [0.25, 0.3) is 0 Å². The molecule has 0 saturated carbocycles. The minimum absolute atomic E-state index is 0.678. The maximum Gasteiger partial charge on any atom is 0.129 e. The van der Waals surface area contributed by atoms with Gasteiger partial charge >= 0.3 is 0 Å². The smallest absolute Gasteiger partial charge is 0.129 e. The number of carbonyl (C=O) groups excluding carboxylic acids is 1. The van der Waals surface area contributed by atoms with Crippen molar-refractivity contribution in [3.63, 3.8) is 0 Å². The maximum atomic E-state index is 10.0. The van der Waals surface area contributed by atoms with Crippen molar-refractivity contribution in [2.75, 3.05) is 11.5 Å². The summed E-state index contributed by atoms with van der Waals surface area (Å²) in [6, 6.07) is 0. The van der Waals surface area contributed by atoms with Gasteiger partial charge < -0.3 is 4.79 Å². The molecule has 0 spiro atoms. The highest BCUT2D eigenvalue weighted by atomic mass is 32.2. The molecule has 0 fully saturated rings. The predicted molar refractivity (Wildman–Crippen MR) is 70.6 cm³/mol. The normalized spacial score (nSPS) is 10.5. The minimum Gasteiger partial charge on any atom is -0.302 e. The minimum atomic E-state index is 0.678. The standard InChI is InChI=1S/C13H26OS/c1-2-3-4-5-6-7-8-9-10-12-15-13-11-14/h11H,2-10,12-13H2,1H3. The van der Waals surface area contributed by atoms with E-state index in [2.05, 4.69) is 6.92 Å². The van der Waals surface area contributed by atoms with Gasteiger partial charge in [0.25, 0.3) is 0 Å². The molecule has 0 amide bonds. The van der Waals surface area contributed by atoms with Crippen LogP contribution in [0, 0.1) is 0 Å². The zero-order valence-electron chi connectivity index (χ0n) is 10.2. The number of rotatable bonds is 12. The third-order valence-corrected chi connectivity index (χ3v) is 3.53. The quantitative estimate of drug-likeness (QED) is 0.364. The van der Waals surface area contributed by atoms with E-state index in [4.69, 9.17) is 0 Å². The van der Waals surface area contributed by atoms with E-state index in [0.29, 0.717) is 5.75 Å². The molecule has 90 valence electrons. The summed E-state index contributed by atoms with van der Waals surface area (Å²) >= 11 is 1.76. The van der Waals surface area contributed by atoms with E-state index in [1.54, 1.807) is 11.8 Å². The van der Waals surface area contributed by atoms with Crippen molar-refractivity contribution in [3.8, 4) is 0 Å². The van der Waals surface area contributed by atoms with Crippen LogP contribution in [0.1, 0.15) is 64.7 Å². The Balaban J connectivity index is 2.83. The lowest BCUT2D eigenvalue weighted by molar-refractivity contribution is -0.105. The van der Waals surface area contributed by atoms with Crippen LogP contribution in [0.5, 0.6) is 0 Å². The van der Waals surface area contributed by atoms with E-state index in [1.807, 2.05) is 0 Å². The molecule has 0 radical (unpaired) electrons. The molecule has 0 aromatic carbocycles. The molecule has 0 rings (SSSR count). The van der Waals surface area contributed by atoms with Crippen LogP contribution in [-0.4, -0.2) is 17.8 Å². The van der Waals surface area contributed by atoms with Crippen LogP contribution >= 0.6 is 11.8 Å². The van der Waals surface area contributed by atoms with Crippen LogP contribution in [-0.2, 0) is 4.79 Å². The first-order chi connectivity index (χ1) is 7.41. The summed E-state index contributed by atoms with van der Waals surface area (Å²) in [6.45, 7) is 2.26. The molecule has 2 heteroatoms. The fourth-order valence-electron chi connectivity index (χ4n) is 1.65. The Morgan fingerprint density at radius 3 is 1.93 bits per heavy atom. The first-order valence-electron chi connectivity index (χ1n) is 6.43. The van der Waals surface area contributed by atoms with Gasteiger partial charge in [0.15, 0.2) is 0 Å². The zero-order valence-corrected chi connectivity index (χ0v) is 11.0. The number of hydrogen-bond donors (Lipinski definition) is 0. The largest absolute Gasteiger partial charge is 0.302 e. The van der Waals surface area contributed by atoms with Gasteiger partial charge in [0.2, 0.25) is 0 Å². The fourth-order valence-corrected chi connectivity index (χ4v) is 2.32. The lowest BCUT2D eigenvalue weighted by atomic mass is 10.1. The van der Waals surface area contributed by atoms with Crippen LogP contribution in [0.4, 0.5) is 0 Å². The average Bonchev–Trinajstić information content (AvgIpc) is 2.26. The lowest BCUT2D eigenvalue weighted by Crippen LogP contribution is -1.85. The summed E-state index contributed by atoms with van der Waals surface area (Å²) in [4.78, 5) is 10.0. The SMILES string of the molecule is CCCCCCCCCCCSCC=O. The van der Waals surface area contributed by atoms with Crippen molar-refractivity contribution in [1.29, 1.82) is 0 Å². The second-order valence-electron chi connectivity index (χ2n) is 4.07. The van der Waals surface area contributed by atoms with Crippen molar-refractivity contribution in [2.24, 2.45) is 0 Å². The van der Waals surface area contributed by atoms with Crippen molar-refractivity contribution in [3.05, 3.63) is 0 Å². The van der Waals surface area contributed by atoms with Gasteiger partial charge in [-0.2, -0.15) is 11.8 Å². The molecule has 0 aromatic heterocycles. The van der Waals surface area contributed by atoms with E-state index in [1.165, 1.54) is 57.8 Å². The van der Waals surface area contributed by atoms with Gasteiger partial charge in [-0.1, -0.05) is 58.3 Å². The molecular formula is C13H26OS. The second-order valence-corrected chi connectivity index (χ2v) is 5.22. The summed E-state index contributed by atoms with van der Waals surface area (Å²) in [7, 11) is 0. The fraction of sp³-hybridized carbons (Fsp3) is 0.923. The molecule has 0 heterocycles. The summed E-state index contributed by atoms with van der Waals surface area (Å²) in [5, 5.41) is 0. The molecule has 0 bridgehead atoms. The van der Waals surface area contributed by atoms with E-state index >= 15 is 0 Å². The van der Waals surface area contributed by atoms with Crippen molar-refractivity contribution >= 4 is 18.0 Å². The van der Waals surface area contributed by atoms with Crippen LogP contribution in [0.2, 0.25) is 0 Å². The first kappa shape index (κ1) is 15.0. The summed E-state index contributed by atoms with van der Waals surface area (Å²) in [5.41, 5.74) is 0. The zero-order chi connectivity index (χ0) is 11.2. The molecule has 0 saturated heterocycles. The van der Waals surface area contributed by atoms with Crippen LogP contribution in [0.3, 0.4) is 0 Å². The van der Waals surface area contributed by atoms with Gasteiger partial charge in [-0.3, -0.25) is 0 Å². The monoisotopic (exact) mass is 230 g/mol. The molecule has 0 aromatic rings. The van der Waals surface area contributed by atoms with E-state index < -0.39 is 0 Å². The Morgan fingerprint density at radius 1 is 0.867 bits per heavy atom. The Morgan fingerprint density at radius 2 is 1.40 bits per heavy atom. The third kappa shape index (κ3) is 14.0. The molecule has 0 aliphatic heterocycles. The highest BCUT2D eigenvalue weighted by Crippen LogP contribution is 2.11. The molecule has 0 atom stereocenters. The third-order valence-electron chi connectivity index (χ3n) is 2.58.